The van der Waals surface area contributed by atoms with Crippen molar-refractivity contribution in [3.05, 3.63) is 65.3 Å². The van der Waals surface area contributed by atoms with E-state index in [2.05, 4.69) is 10.3 Å². The number of halogens is 1. The molecule has 0 spiro atoms. The first-order chi connectivity index (χ1) is 16.7. The molecule has 9 nitrogen and oxygen atoms in total. The molecule has 1 fully saturated rings. The van der Waals surface area contributed by atoms with E-state index in [1.165, 1.54) is 23.1 Å². The van der Waals surface area contributed by atoms with Crippen molar-refractivity contribution in [3.63, 3.8) is 0 Å². The van der Waals surface area contributed by atoms with Crippen LogP contribution < -0.4 is 10.2 Å². The summed E-state index contributed by atoms with van der Waals surface area (Å²) >= 11 is 0. The topological polar surface area (TPSA) is 135 Å². The van der Waals surface area contributed by atoms with Crippen molar-refractivity contribution >= 4 is 28.6 Å². The lowest BCUT2D eigenvalue weighted by Crippen LogP contribution is -2.43. The number of pyridine rings is 1. The van der Waals surface area contributed by atoms with Crippen LogP contribution in [0.1, 0.15) is 32.4 Å². The lowest BCUT2D eigenvalue weighted by Gasteiger charge is -2.30. The molecular weight excluding hydrogens is 469 g/mol. The molecule has 0 bridgehead atoms. The number of rotatable bonds is 4. The third-order valence-corrected chi connectivity index (χ3v) is 6.81. The van der Waals surface area contributed by atoms with Gasteiger partial charge in [0, 0.05) is 28.6 Å². The van der Waals surface area contributed by atoms with Crippen molar-refractivity contribution in [2.75, 3.05) is 23.4 Å². The normalized spacial score (nSPS) is 28.4. The fourth-order valence-corrected chi connectivity index (χ4v) is 5.06. The lowest BCUT2D eigenvalue weighted by atomic mass is 9.93. The SMILES string of the molecule is C.CC1(C)O/C(=C2/C(=O)Nc3ccc(F)cc32)C=C1c1ccc(N2[C@H](CO)[C@@H](O)[C@H](O)[C@@H]2CO)nc1. The van der Waals surface area contributed by atoms with Gasteiger partial charge in [0.15, 0.2) is 0 Å². The smallest absolute Gasteiger partial charge is 0.260 e. The average molecular weight is 500 g/mol. The van der Waals surface area contributed by atoms with Crippen LogP contribution in [0.3, 0.4) is 0 Å². The van der Waals surface area contributed by atoms with Gasteiger partial charge >= 0.3 is 0 Å². The molecule has 1 aromatic carbocycles. The Labute approximate surface area is 208 Å². The van der Waals surface area contributed by atoms with Gasteiger partial charge in [0.1, 0.15) is 35.2 Å². The Kier molecular flexibility index (Phi) is 6.65. The molecule has 10 heteroatoms. The summed E-state index contributed by atoms with van der Waals surface area (Å²) in [5, 5.41) is 42.7. The lowest BCUT2D eigenvalue weighted by molar-refractivity contribution is -0.111. The second-order valence-corrected chi connectivity index (χ2v) is 9.35. The highest BCUT2D eigenvalue weighted by Gasteiger charge is 2.47. The van der Waals surface area contributed by atoms with Crippen LogP contribution in [0.2, 0.25) is 0 Å². The molecule has 0 saturated carbocycles. The number of amides is 1. The number of fused-ring (bicyclic) bond motifs is 1. The van der Waals surface area contributed by atoms with Crippen LogP contribution in [-0.4, -0.2) is 74.4 Å². The van der Waals surface area contributed by atoms with Crippen molar-refractivity contribution in [1.29, 1.82) is 0 Å². The van der Waals surface area contributed by atoms with Crippen molar-refractivity contribution in [2.45, 2.75) is 51.2 Å². The molecule has 3 aliphatic heterocycles. The zero-order valence-electron chi connectivity index (χ0n) is 19.1. The van der Waals surface area contributed by atoms with Crippen molar-refractivity contribution in [2.24, 2.45) is 0 Å². The third kappa shape index (κ3) is 3.96. The van der Waals surface area contributed by atoms with Crippen molar-refractivity contribution < 1.29 is 34.3 Å². The van der Waals surface area contributed by atoms with Crippen LogP contribution in [0, 0.1) is 5.82 Å². The zero-order chi connectivity index (χ0) is 25.1. The minimum atomic E-state index is -1.23. The van der Waals surface area contributed by atoms with E-state index in [1.807, 2.05) is 13.8 Å². The van der Waals surface area contributed by atoms with Gasteiger partial charge in [0.25, 0.3) is 5.91 Å². The molecule has 5 rings (SSSR count). The summed E-state index contributed by atoms with van der Waals surface area (Å²) in [6.45, 7) is 2.84. The van der Waals surface area contributed by atoms with E-state index in [-0.39, 0.29) is 18.9 Å². The fourth-order valence-electron chi connectivity index (χ4n) is 5.06. The number of carbonyl (C=O) groups excluding carboxylic acids is 1. The molecule has 192 valence electrons. The first kappa shape index (κ1) is 25.8. The minimum absolute atomic E-state index is 0. The van der Waals surface area contributed by atoms with Crippen molar-refractivity contribution in [1.82, 2.24) is 4.98 Å². The van der Waals surface area contributed by atoms with E-state index >= 15 is 0 Å². The van der Waals surface area contributed by atoms with Gasteiger partial charge < -0.3 is 35.4 Å². The second kappa shape index (κ2) is 9.29. The number of hydrogen-bond donors (Lipinski definition) is 5. The van der Waals surface area contributed by atoms with E-state index in [9.17, 15) is 29.6 Å². The molecule has 1 saturated heterocycles. The molecule has 4 heterocycles. The van der Waals surface area contributed by atoms with Gasteiger partial charge in [-0.2, -0.15) is 0 Å². The number of ether oxygens (including phenoxy) is 1. The average Bonchev–Trinajstić information content (AvgIpc) is 3.41. The van der Waals surface area contributed by atoms with Crippen LogP contribution in [0.5, 0.6) is 0 Å². The summed E-state index contributed by atoms with van der Waals surface area (Å²) in [4.78, 5) is 18.6. The van der Waals surface area contributed by atoms with E-state index < -0.39 is 48.9 Å². The summed E-state index contributed by atoms with van der Waals surface area (Å²) in [6, 6.07) is 5.89. The maximum absolute atomic E-state index is 13.9. The van der Waals surface area contributed by atoms with E-state index in [1.54, 1.807) is 24.4 Å². The molecule has 36 heavy (non-hydrogen) atoms. The molecule has 1 amide bonds. The first-order valence-electron chi connectivity index (χ1n) is 11.3. The first-order valence-corrected chi connectivity index (χ1v) is 11.3. The minimum Gasteiger partial charge on any atom is -0.482 e. The van der Waals surface area contributed by atoms with Gasteiger partial charge in [-0.3, -0.25) is 4.79 Å². The molecule has 0 radical (unpaired) electrons. The Balaban J connectivity index is 0.00000304. The van der Waals surface area contributed by atoms with Crippen molar-refractivity contribution in [3.8, 4) is 0 Å². The molecule has 0 unspecified atom stereocenters. The van der Waals surface area contributed by atoms with E-state index in [4.69, 9.17) is 4.74 Å². The highest BCUT2D eigenvalue weighted by atomic mass is 19.1. The van der Waals surface area contributed by atoms with Crippen LogP contribution in [0.15, 0.2) is 48.4 Å². The number of nitrogens with one attached hydrogen (secondary N) is 1. The quantitative estimate of drug-likeness (QED) is 0.401. The molecular formula is C26H30FN3O6. The summed E-state index contributed by atoms with van der Waals surface area (Å²) < 4.78 is 20.0. The van der Waals surface area contributed by atoms with Gasteiger partial charge in [0.05, 0.1) is 30.9 Å². The molecule has 2 aromatic rings. The zero-order valence-corrected chi connectivity index (χ0v) is 19.1. The molecule has 0 aliphatic carbocycles. The van der Waals surface area contributed by atoms with Crippen LogP contribution in [0.25, 0.3) is 11.1 Å². The highest BCUT2D eigenvalue weighted by Crippen LogP contribution is 2.44. The summed E-state index contributed by atoms with van der Waals surface area (Å²) in [5.41, 5.74) is 1.83. The molecule has 3 aliphatic rings. The standard InChI is InChI=1S/C25H26FN3O6.CH4/c1-25(2)15(8-19(35-25)21-14-7-13(26)4-5-16(14)28-24(21)34)12-3-6-20(27-9-12)29-17(10-30)22(32)23(33)18(29)11-31;/h3-9,17-18,22-23,30-33H,10-11H2,1-2H3,(H,28,34);1H4/b21-19+;/t17-,18+,22-,23-;/m1./s1. The van der Waals surface area contributed by atoms with E-state index in [0.29, 0.717) is 28.4 Å². The van der Waals surface area contributed by atoms with Crippen LogP contribution in [0.4, 0.5) is 15.9 Å². The predicted octanol–water partition coefficient (Wildman–Crippen LogP) is 1.68. The number of aliphatic hydroxyl groups is 4. The van der Waals surface area contributed by atoms with Crippen LogP contribution in [-0.2, 0) is 9.53 Å². The number of allylic oxidation sites excluding steroid dienone is 1. The second-order valence-electron chi connectivity index (χ2n) is 9.35. The maximum Gasteiger partial charge on any atom is 0.260 e. The number of benzene rings is 1. The summed E-state index contributed by atoms with van der Waals surface area (Å²) in [7, 11) is 0. The number of anilines is 2. The monoisotopic (exact) mass is 499 g/mol. The Morgan fingerprint density at radius 1 is 1.11 bits per heavy atom. The Bertz CT molecular complexity index is 1230. The maximum atomic E-state index is 13.9. The number of nitrogens with zero attached hydrogens (tertiary/aromatic N) is 2. The Morgan fingerprint density at radius 3 is 2.36 bits per heavy atom. The van der Waals surface area contributed by atoms with Gasteiger partial charge in [-0.05, 0) is 50.3 Å². The molecule has 5 N–H and O–H groups in total. The Morgan fingerprint density at radius 2 is 1.78 bits per heavy atom. The number of aromatic nitrogens is 1. The third-order valence-electron chi connectivity index (χ3n) is 6.81. The van der Waals surface area contributed by atoms with Crippen LogP contribution >= 0.6 is 0 Å². The predicted molar refractivity (Wildman–Crippen MR) is 132 cm³/mol. The van der Waals surface area contributed by atoms with Gasteiger partial charge in [0.2, 0.25) is 0 Å². The largest absolute Gasteiger partial charge is 0.482 e. The molecule has 1 aromatic heterocycles. The number of hydrogen-bond acceptors (Lipinski definition) is 8. The van der Waals surface area contributed by atoms with Gasteiger partial charge in [-0.1, -0.05) is 7.43 Å². The summed E-state index contributed by atoms with van der Waals surface area (Å²) in [5.74, 6) is -0.141. The fraction of sp³-hybridized carbons (Fsp3) is 0.385. The van der Waals surface area contributed by atoms with Gasteiger partial charge in [-0.15, -0.1) is 0 Å². The highest BCUT2D eigenvalue weighted by molar-refractivity contribution is 6.32. The van der Waals surface area contributed by atoms with E-state index in [0.717, 1.165) is 5.57 Å². The number of aliphatic hydroxyl groups excluding tert-OH is 4. The number of carbonyl (C=O) groups is 1. The van der Waals surface area contributed by atoms with Gasteiger partial charge in [-0.25, -0.2) is 9.37 Å². The molecule has 4 atom stereocenters. The Hall–Kier alpha value is -3.31. The summed E-state index contributed by atoms with van der Waals surface area (Å²) in [6.07, 6.45) is 0.857.